The van der Waals surface area contributed by atoms with Gasteiger partial charge in [0, 0.05) is 12.1 Å². The molecule has 0 aliphatic heterocycles. The number of rotatable bonds is 5. The van der Waals surface area contributed by atoms with Crippen molar-refractivity contribution in [1.82, 2.24) is 14.7 Å². The molecule has 0 unspecified atom stereocenters. The first kappa shape index (κ1) is 15.0. The van der Waals surface area contributed by atoms with Crippen LogP contribution < -0.4 is 11.2 Å². The van der Waals surface area contributed by atoms with Crippen molar-refractivity contribution in [2.45, 2.75) is 33.2 Å². The van der Waals surface area contributed by atoms with E-state index in [0.29, 0.717) is 5.92 Å². The zero-order valence-electron chi connectivity index (χ0n) is 14.0. The number of aromatic nitrogens is 3. The number of aryl methyl sites for hydroxylation is 2. The van der Waals surface area contributed by atoms with E-state index in [2.05, 4.69) is 15.6 Å². The van der Waals surface area contributed by atoms with E-state index < -0.39 is 0 Å². The fraction of sp³-hybridized carbons (Fsp3) is 0.412. The zero-order valence-corrected chi connectivity index (χ0v) is 14.0. The summed E-state index contributed by atoms with van der Waals surface area (Å²) in [6, 6.07) is 3.96. The highest BCUT2D eigenvalue weighted by molar-refractivity contribution is 5.93. The topological polar surface area (TPSA) is 85.1 Å². The van der Waals surface area contributed by atoms with E-state index in [0.717, 1.165) is 45.8 Å². The highest BCUT2D eigenvalue weighted by atomic mass is 16.6. The van der Waals surface area contributed by atoms with Gasteiger partial charge in [0.1, 0.15) is 5.76 Å². The SMILES string of the molecule is CONc1cc(-c2c(C)noc2C)cc2c1[nH]c(=O)n2CC1CC1. The van der Waals surface area contributed by atoms with Gasteiger partial charge in [0.15, 0.2) is 0 Å². The van der Waals surface area contributed by atoms with Crippen molar-refractivity contribution >= 4 is 16.7 Å². The molecule has 7 nitrogen and oxygen atoms in total. The first-order valence-corrected chi connectivity index (χ1v) is 8.07. The van der Waals surface area contributed by atoms with Crippen LogP contribution in [0.2, 0.25) is 0 Å². The number of imidazole rings is 1. The molecule has 7 heteroatoms. The molecule has 1 aliphatic rings. The Morgan fingerprint density at radius 3 is 2.83 bits per heavy atom. The third kappa shape index (κ3) is 2.41. The monoisotopic (exact) mass is 328 g/mol. The standard InChI is InChI=1S/C17H20N4O3/c1-9-15(10(2)24-19-9)12-6-13(20-23-3)16-14(7-12)21(17(22)18-16)8-11-4-5-11/h6-7,11,20H,4-5,8H2,1-3H3,(H,18,22). The van der Waals surface area contributed by atoms with E-state index >= 15 is 0 Å². The molecule has 1 aliphatic carbocycles. The van der Waals surface area contributed by atoms with Crippen LogP contribution in [0.25, 0.3) is 22.2 Å². The summed E-state index contributed by atoms with van der Waals surface area (Å²) in [5, 5.41) is 4.03. The minimum atomic E-state index is -0.0908. The second-order valence-corrected chi connectivity index (χ2v) is 6.41. The molecule has 126 valence electrons. The van der Waals surface area contributed by atoms with E-state index in [1.165, 1.54) is 12.8 Å². The number of fused-ring (bicyclic) bond motifs is 1. The smallest absolute Gasteiger partial charge is 0.326 e. The summed E-state index contributed by atoms with van der Waals surface area (Å²) in [6.45, 7) is 4.54. The van der Waals surface area contributed by atoms with Crippen LogP contribution in [0.4, 0.5) is 5.69 Å². The number of hydrogen-bond donors (Lipinski definition) is 2. The van der Waals surface area contributed by atoms with Gasteiger partial charge in [0.05, 0.1) is 29.5 Å². The van der Waals surface area contributed by atoms with Crippen LogP contribution in [-0.2, 0) is 11.4 Å². The Morgan fingerprint density at radius 1 is 1.42 bits per heavy atom. The molecule has 0 saturated heterocycles. The second-order valence-electron chi connectivity index (χ2n) is 6.41. The van der Waals surface area contributed by atoms with E-state index in [1.54, 1.807) is 7.11 Å². The maximum atomic E-state index is 12.4. The number of aromatic amines is 1. The Morgan fingerprint density at radius 2 is 2.21 bits per heavy atom. The summed E-state index contributed by atoms with van der Waals surface area (Å²) in [5.74, 6) is 1.35. The Balaban J connectivity index is 1.96. The van der Waals surface area contributed by atoms with E-state index in [4.69, 9.17) is 9.36 Å². The molecule has 0 atom stereocenters. The summed E-state index contributed by atoms with van der Waals surface area (Å²) >= 11 is 0. The van der Waals surface area contributed by atoms with Crippen molar-refractivity contribution in [3.05, 3.63) is 34.1 Å². The summed E-state index contributed by atoms with van der Waals surface area (Å²) in [5.41, 5.74) is 7.82. The lowest BCUT2D eigenvalue weighted by atomic mass is 10.0. The van der Waals surface area contributed by atoms with Crippen LogP contribution in [0.1, 0.15) is 24.3 Å². The molecule has 0 spiro atoms. The third-order valence-electron chi connectivity index (χ3n) is 4.56. The van der Waals surface area contributed by atoms with Gasteiger partial charge in [-0.3, -0.25) is 14.9 Å². The summed E-state index contributed by atoms with van der Waals surface area (Å²) < 4.78 is 7.11. The molecule has 4 rings (SSSR count). The molecular weight excluding hydrogens is 308 g/mol. The normalized spacial score (nSPS) is 14.5. The molecule has 0 radical (unpaired) electrons. The summed E-state index contributed by atoms with van der Waals surface area (Å²) in [7, 11) is 1.55. The van der Waals surface area contributed by atoms with Crippen LogP contribution in [0.5, 0.6) is 0 Å². The molecule has 0 bridgehead atoms. The van der Waals surface area contributed by atoms with Crippen molar-refractivity contribution in [2.24, 2.45) is 5.92 Å². The van der Waals surface area contributed by atoms with Crippen LogP contribution in [0, 0.1) is 19.8 Å². The Hall–Kier alpha value is -2.54. The van der Waals surface area contributed by atoms with Gasteiger partial charge in [-0.15, -0.1) is 0 Å². The van der Waals surface area contributed by atoms with Crippen LogP contribution >= 0.6 is 0 Å². The Kier molecular flexibility index (Phi) is 3.45. The highest BCUT2D eigenvalue weighted by Gasteiger charge is 2.25. The van der Waals surface area contributed by atoms with Gasteiger partial charge in [-0.2, -0.15) is 0 Å². The number of nitrogens with zero attached hydrogens (tertiary/aromatic N) is 2. The molecule has 2 N–H and O–H groups in total. The third-order valence-corrected chi connectivity index (χ3v) is 4.56. The maximum absolute atomic E-state index is 12.4. The minimum Gasteiger partial charge on any atom is -0.361 e. The summed E-state index contributed by atoms with van der Waals surface area (Å²) in [4.78, 5) is 20.4. The number of H-pyrrole nitrogens is 1. The predicted octanol–water partition coefficient (Wildman–Crippen LogP) is 2.98. The lowest BCUT2D eigenvalue weighted by Crippen LogP contribution is -2.17. The van der Waals surface area contributed by atoms with E-state index in [1.807, 2.05) is 30.5 Å². The van der Waals surface area contributed by atoms with Crippen molar-refractivity contribution < 1.29 is 9.36 Å². The van der Waals surface area contributed by atoms with Gasteiger partial charge in [-0.1, -0.05) is 5.16 Å². The van der Waals surface area contributed by atoms with Crippen molar-refractivity contribution in [2.75, 3.05) is 12.6 Å². The van der Waals surface area contributed by atoms with Crippen LogP contribution in [0.3, 0.4) is 0 Å². The van der Waals surface area contributed by atoms with Gasteiger partial charge in [-0.05, 0) is 50.3 Å². The lowest BCUT2D eigenvalue weighted by molar-refractivity contribution is 0.271. The minimum absolute atomic E-state index is 0.0908. The molecular formula is C17H20N4O3. The molecule has 1 fully saturated rings. The van der Waals surface area contributed by atoms with E-state index in [-0.39, 0.29) is 5.69 Å². The van der Waals surface area contributed by atoms with Crippen molar-refractivity contribution in [3.63, 3.8) is 0 Å². The first-order chi connectivity index (χ1) is 11.6. The fourth-order valence-corrected chi connectivity index (χ4v) is 3.22. The zero-order chi connectivity index (χ0) is 16.8. The second kappa shape index (κ2) is 5.52. The number of benzene rings is 1. The lowest BCUT2D eigenvalue weighted by Gasteiger charge is -2.10. The Bertz CT molecular complexity index is 943. The highest BCUT2D eigenvalue weighted by Crippen LogP contribution is 2.35. The maximum Gasteiger partial charge on any atom is 0.326 e. The van der Waals surface area contributed by atoms with Gasteiger partial charge in [0.25, 0.3) is 0 Å². The van der Waals surface area contributed by atoms with Gasteiger partial charge < -0.3 is 9.51 Å². The average Bonchev–Trinajstić information content (AvgIpc) is 3.23. The van der Waals surface area contributed by atoms with Gasteiger partial charge >= 0.3 is 5.69 Å². The molecule has 1 saturated carbocycles. The predicted molar refractivity (Wildman–Crippen MR) is 90.9 cm³/mol. The number of hydrogen-bond acceptors (Lipinski definition) is 5. The fourth-order valence-electron chi connectivity index (χ4n) is 3.22. The molecule has 3 aromatic rings. The molecule has 0 amide bonds. The van der Waals surface area contributed by atoms with Crippen molar-refractivity contribution in [1.29, 1.82) is 0 Å². The van der Waals surface area contributed by atoms with Crippen molar-refractivity contribution in [3.8, 4) is 11.1 Å². The first-order valence-electron chi connectivity index (χ1n) is 8.07. The number of anilines is 1. The average molecular weight is 328 g/mol. The number of nitrogens with one attached hydrogen (secondary N) is 2. The largest absolute Gasteiger partial charge is 0.361 e. The molecule has 24 heavy (non-hydrogen) atoms. The van der Waals surface area contributed by atoms with Gasteiger partial charge in [-0.25, -0.2) is 4.79 Å². The quantitative estimate of drug-likeness (QED) is 0.703. The van der Waals surface area contributed by atoms with Crippen LogP contribution in [-0.4, -0.2) is 21.8 Å². The van der Waals surface area contributed by atoms with Crippen LogP contribution in [0.15, 0.2) is 21.5 Å². The molecule has 1 aromatic carbocycles. The molecule has 2 heterocycles. The van der Waals surface area contributed by atoms with E-state index in [9.17, 15) is 4.79 Å². The van der Waals surface area contributed by atoms with Gasteiger partial charge in [0.2, 0.25) is 0 Å². The summed E-state index contributed by atoms with van der Waals surface area (Å²) in [6.07, 6.45) is 2.37. The Labute approximate surface area is 138 Å². The molecule has 2 aromatic heterocycles.